The largest absolute Gasteiger partial charge is 0.454 e. The van der Waals surface area contributed by atoms with Crippen LogP contribution in [-0.2, 0) is 17.9 Å². The molecule has 2 heterocycles. The lowest BCUT2D eigenvalue weighted by Crippen LogP contribution is -2.35. The third-order valence-corrected chi connectivity index (χ3v) is 9.05. The van der Waals surface area contributed by atoms with Crippen LogP contribution in [0.1, 0.15) is 57.2 Å². The second-order valence-corrected chi connectivity index (χ2v) is 12.4. The third-order valence-electron chi connectivity index (χ3n) is 9.05. The molecular weight excluding hydrogens is 450 g/mol. The molecule has 0 unspecified atom stereocenters. The molecule has 0 radical (unpaired) electrons. The Morgan fingerprint density at radius 3 is 2.24 bits per heavy atom. The van der Waals surface area contributed by atoms with E-state index in [2.05, 4.69) is 119 Å². The monoisotopic (exact) mass is 484 g/mol. The Bertz CT molecular complexity index is 1900. The Morgan fingerprint density at radius 1 is 0.703 bits per heavy atom. The molecule has 0 saturated carbocycles. The van der Waals surface area contributed by atoms with Crippen molar-refractivity contribution in [3.63, 3.8) is 0 Å². The van der Waals surface area contributed by atoms with Gasteiger partial charge in [0.2, 0.25) is 5.69 Å². The highest BCUT2D eigenvalue weighted by molar-refractivity contribution is 6.17. The predicted molar refractivity (Wildman–Crippen MR) is 155 cm³/mol. The van der Waals surface area contributed by atoms with Crippen molar-refractivity contribution in [3.05, 3.63) is 89.6 Å². The molecular formula is C35H34NO+. The average molecular weight is 485 g/mol. The Labute approximate surface area is 218 Å². The first-order valence-electron chi connectivity index (χ1n) is 13.5. The van der Waals surface area contributed by atoms with Crippen molar-refractivity contribution in [2.45, 2.75) is 58.3 Å². The molecule has 0 saturated heterocycles. The van der Waals surface area contributed by atoms with Crippen LogP contribution in [0.25, 0.3) is 54.7 Å². The second-order valence-electron chi connectivity index (χ2n) is 12.4. The molecule has 0 bridgehead atoms. The lowest BCUT2D eigenvalue weighted by atomic mass is 9.62. The van der Waals surface area contributed by atoms with Gasteiger partial charge >= 0.3 is 0 Å². The van der Waals surface area contributed by atoms with Gasteiger partial charge in [-0.3, -0.25) is 0 Å². The molecule has 0 N–H and O–H groups in total. The van der Waals surface area contributed by atoms with Crippen LogP contribution in [0.3, 0.4) is 0 Å². The van der Waals surface area contributed by atoms with E-state index < -0.39 is 0 Å². The highest BCUT2D eigenvalue weighted by atomic mass is 16.3. The van der Waals surface area contributed by atoms with E-state index in [0.717, 1.165) is 11.2 Å². The summed E-state index contributed by atoms with van der Waals surface area (Å²) in [6, 6.07) is 24.5. The number of pyridine rings is 1. The topological polar surface area (TPSA) is 17.0 Å². The number of aromatic nitrogens is 1. The number of fused-ring (bicyclic) bond motifs is 8. The molecule has 2 nitrogen and oxygen atoms in total. The fourth-order valence-electron chi connectivity index (χ4n) is 6.83. The first-order chi connectivity index (χ1) is 17.7. The molecule has 2 heteroatoms. The van der Waals surface area contributed by atoms with Crippen LogP contribution in [0.5, 0.6) is 0 Å². The summed E-state index contributed by atoms with van der Waals surface area (Å²) >= 11 is 0. The van der Waals surface area contributed by atoms with Crippen molar-refractivity contribution in [1.82, 2.24) is 0 Å². The van der Waals surface area contributed by atoms with Crippen molar-refractivity contribution in [2.24, 2.45) is 7.05 Å². The first-order valence-corrected chi connectivity index (χ1v) is 13.5. The molecule has 0 spiro atoms. The Kier molecular flexibility index (Phi) is 4.54. The molecule has 0 fully saturated rings. The van der Waals surface area contributed by atoms with Gasteiger partial charge in [-0.2, -0.15) is 0 Å². The number of benzene rings is 4. The van der Waals surface area contributed by atoms with Crippen LogP contribution in [0.15, 0.2) is 77.3 Å². The second kappa shape index (κ2) is 7.44. The van der Waals surface area contributed by atoms with Crippen molar-refractivity contribution in [1.29, 1.82) is 0 Å². The quantitative estimate of drug-likeness (QED) is 0.213. The van der Waals surface area contributed by atoms with Gasteiger partial charge in [-0.05, 0) is 70.2 Å². The first kappa shape index (κ1) is 22.5. The fourth-order valence-corrected chi connectivity index (χ4v) is 6.83. The lowest BCUT2D eigenvalue weighted by molar-refractivity contribution is -0.659. The van der Waals surface area contributed by atoms with E-state index in [1.807, 2.05) is 0 Å². The third kappa shape index (κ3) is 3.14. The molecule has 1 aliphatic carbocycles. The van der Waals surface area contributed by atoms with Crippen molar-refractivity contribution >= 4 is 43.5 Å². The SMILES string of the molecule is Cc1ccc2c(oc3c4ccccc4ccc23)c1-c1cc2c3c(ccc2c[n+]1C)C(C)(C)CCC3(C)C. The van der Waals surface area contributed by atoms with Crippen LogP contribution in [-0.4, -0.2) is 0 Å². The predicted octanol–water partition coefficient (Wildman–Crippen LogP) is 9.04. The highest BCUT2D eigenvalue weighted by Crippen LogP contribution is 2.49. The van der Waals surface area contributed by atoms with Crippen molar-refractivity contribution < 1.29 is 8.98 Å². The summed E-state index contributed by atoms with van der Waals surface area (Å²) < 4.78 is 9.05. The summed E-state index contributed by atoms with van der Waals surface area (Å²) in [5.41, 5.74) is 8.92. The molecule has 0 amide bonds. The van der Waals surface area contributed by atoms with E-state index in [4.69, 9.17) is 4.42 Å². The van der Waals surface area contributed by atoms with Crippen molar-refractivity contribution in [2.75, 3.05) is 0 Å². The maximum atomic E-state index is 6.77. The molecule has 2 aromatic heterocycles. The van der Waals surface area contributed by atoms with Crippen LogP contribution in [0.4, 0.5) is 0 Å². The van der Waals surface area contributed by atoms with Gasteiger partial charge in [0.1, 0.15) is 18.2 Å². The number of rotatable bonds is 1. The standard InChI is InChI=1S/C35H34NO/c1-21-11-14-26-25-15-12-22-9-7-8-10-24(22)32(25)37-33(26)30(21)29-19-27-23(20-36(29)6)13-16-28-31(27)35(4,5)18-17-34(28,2)3/h7-16,19-20H,17-18H2,1-6H3/q+1. The minimum atomic E-state index is 0.140. The van der Waals surface area contributed by atoms with Gasteiger partial charge in [0.05, 0.1) is 5.56 Å². The Morgan fingerprint density at radius 2 is 1.41 bits per heavy atom. The maximum Gasteiger partial charge on any atom is 0.216 e. The van der Waals surface area contributed by atoms with Gasteiger partial charge < -0.3 is 4.42 Å². The van der Waals surface area contributed by atoms with Gasteiger partial charge in [0.25, 0.3) is 0 Å². The van der Waals surface area contributed by atoms with E-state index in [1.54, 1.807) is 0 Å². The zero-order chi connectivity index (χ0) is 25.7. The molecule has 6 aromatic rings. The summed E-state index contributed by atoms with van der Waals surface area (Å²) in [6.07, 6.45) is 4.73. The van der Waals surface area contributed by atoms with E-state index in [9.17, 15) is 0 Å². The van der Waals surface area contributed by atoms with E-state index in [0.29, 0.717) is 0 Å². The van der Waals surface area contributed by atoms with Crippen LogP contribution >= 0.6 is 0 Å². The minimum absolute atomic E-state index is 0.140. The van der Waals surface area contributed by atoms with Crippen molar-refractivity contribution in [3.8, 4) is 11.3 Å². The van der Waals surface area contributed by atoms with E-state index in [1.165, 1.54) is 73.1 Å². The van der Waals surface area contributed by atoms with Crippen LogP contribution < -0.4 is 4.57 Å². The summed E-state index contributed by atoms with van der Waals surface area (Å²) in [4.78, 5) is 0. The summed E-state index contributed by atoms with van der Waals surface area (Å²) in [5.74, 6) is 0. The number of hydrogen-bond donors (Lipinski definition) is 0. The van der Waals surface area contributed by atoms with E-state index in [-0.39, 0.29) is 10.8 Å². The highest BCUT2D eigenvalue weighted by Gasteiger charge is 2.38. The minimum Gasteiger partial charge on any atom is -0.454 e. The average Bonchev–Trinajstić information content (AvgIpc) is 3.25. The Balaban J connectivity index is 1.58. The number of aryl methyl sites for hydroxylation is 2. The fraction of sp³-hybridized carbons (Fsp3) is 0.286. The summed E-state index contributed by atoms with van der Waals surface area (Å²) in [6.45, 7) is 11.9. The van der Waals surface area contributed by atoms with Gasteiger partial charge in [0.15, 0.2) is 6.20 Å². The van der Waals surface area contributed by atoms with Gasteiger partial charge in [-0.15, -0.1) is 0 Å². The molecule has 7 rings (SSSR count). The molecule has 184 valence electrons. The number of hydrogen-bond acceptors (Lipinski definition) is 1. The van der Waals surface area contributed by atoms with E-state index >= 15 is 0 Å². The molecule has 37 heavy (non-hydrogen) atoms. The molecule has 0 aliphatic heterocycles. The normalized spacial score (nSPS) is 16.6. The summed E-state index contributed by atoms with van der Waals surface area (Å²) in [5, 5.41) is 7.41. The van der Waals surface area contributed by atoms with Gasteiger partial charge in [-0.1, -0.05) is 76.2 Å². The molecule has 0 atom stereocenters. The van der Waals surface area contributed by atoms with Gasteiger partial charge in [0, 0.05) is 27.6 Å². The summed E-state index contributed by atoms with van der Waals surface area (Å²) in [7, 11) is 2.17. The smallest absolute Gasteiger partial charge is 0.216 e. The van der Waals surface area contributed by atoms with Crippen LogP contribution in [0.2, 0.25) is 0 Å². The molecule has 4 aromatic carbocycles. The zero-order valence-electron chi connectivity index (χ0n) is 22.7. The maximum absolute atomic E-state index is 6.77. The zero-order valence-corrected chi connectivity index (χ0v) is 22.7. The number of nitrogens with zero attached hydrogens (tertiary/aromatic N) is 1. The molecule has 1 aliphatic rings. The van der Waals surface area contributed by atoms with Crippen LogP contribution in [0, 0.1) is 6.92 Å². The lowest BCUT2D eigenvalue weighted by Gasteiger charge is -2.42. The van der Waals surface area contributed by atoms with Gasteiger partial charge in [-0.25, -0.2) is 4.57 Å². The number of furan rings is 1. The Hall–Kier alpha value is -3.65.